The van der Waals surface area contributed by atoms with Gasteiger partial charge in [0.25, 0.3) is 0 Å². The molecular weight excluding hydrogens is 244 g/mol. The number of aromatic nitrogens is 3. The van der Waals surface area contributed by atoms with E-state index in [1.807, 2.05) is 11.6 Å². The molecule has 102 valence electrons. The van der Waals surface area contributed by atoms with E-state index in [2.05, 4.69) is 15.4 Å². The third-order valence-electron chi connectivity index (χ3n) is 3.32. The second-order valence-electron chi connectivity index (χ2n) is 4.49. The molecule has 3 rings (SSSR count). The molecule has 0 amide bonds. The fourth-order valence-electron chi connectivity index (χ4n) is 2.43. The predicted octanol–water partition coefficient (Wildman–Crippen LogP) is 1.22. The zero-order chi connectivity index (χ0) is 13.1. The quantitative estimate of drug-likeness (QED) is 0.821. The van der Waals surface area contributed by atoms with Crippen molar-refractivity contribution in [3.63, 3.8) is 0 Å². The van der Waals surface area contributed by atoms with E-state index in [4.69, 9.17) is 9.15 Å². The zero-order valence-corrected chi connectivity index (χ0v) is 11.1. The van der Waals surface area contributed by atoms with Crippen LogP contribution in [0.3, 0.4) is 0 Å². The van der Waals surface area contributed by atoms with Crippen molar-refractivity contribution >= 4 is 0 Å². The molecule has 6 nitrogen and oxygen atoms in total. The van der Waals surface area contributed by atoms with Gasteiger partial charge in [0.2, 0.25) is 0 Å². The van der Waals surface area contributed by atoms with Gasteiger partial charge >= 0.3 is 0 Å². The Morgan fingerprint density at radius 1 is 1.53 bits per heavy atom. The summed E-state index contributed by atoms with van der Waals surface area (Å²) >= 11 is 0. The van der Waals surface area contributed by atoms with Crippen LogP contribution < -0.4 is 5.32 Å². The average Bonchev–Trinajstić information content (AvgIpc) is 3.07. The average molecular weight is 262 g/mol. The maximum atomic E-state index is 5.42. The zero-order valence-electron chi connectivity index (χ0n) is 11.1. The number of nitrogens with zero attached hydrogens (tertiary/aromatic N) is 3. The largest absolute Gasteiger partial charge is 0.442 e. The highest BCUT2D eigenvalue weighted by Crippen LogP contribution is 2.27. The Morgan fingerprint density at radius 2 is 2.47 bits per heavy atom. The first-order chi connectivity index (χ1) is 9.40. The Morgan fingerprint density at radius 3 is 3.26 bits per heavy atom. The van der Waals surface area contributed by atoms with Gasteiger partial charge in [0.1, 0.15) is 5.69 Å². The first-order valence-electron chi connectivity index (χ1n) is 6.66. The monoisotopic (exact) mass is 262 g/mol. The molecule has 0 unspecified atom stereocenters. The molecule has 19 heavy (non-hydrogen) atoms. The van der Waals surface area contributed by atoms with E-state index in [9.17, 15) is 0 Å². The maximum absolute atomic E-state index is 5.42. The van der Waals surface area contributed by atoms with Crippen LogP contribution in [0.4, 0.5) is 0 Å². The summed E-state index contributed by atoms with van der Waals surface area (Å²) in [5, 5.41) is 8.05. The molecule has 0 fully saturated rings. The van der Waals surface area contributed by atoms with Crippen LogP contribution in [0.15, 0.2) is 17.0 Å². The lowest BCUT2D eigenvalue weighted by molar-refractivity contribution is 0.135. The van der Waals surface area contributed by atoms with Crippen LogP contribution in [0.1, 0.15) is 18.2 Å². The Kier molecular flexibility index (Phi) is 3.61. The molecule has 0 bridgehead atoms. The summed E-state index contributed by atoms with van der Waals surface area (Å²) in [4.78, 5) is 3.97. The highest BCUT2D eigenvalue weighted by Gasteiger charge is 2.22. The molecule has 1 aliphatic heterocycles. The van der Waals surface area contributed by atoms with Gasteiger partial charge in [-0.3, -0.25) is 4.68 Å². The van der Waals surface area contributed by atoms with Gasteiger partial charge in [-0.05, 0) is 6.92 Å². The number of rotatable bonds is 5. The molecule has 1 aliphatic rings. The van der Waals surface area contributed by atoms with Gasteiger partial charge in [-0.2, -0.15) is 5.10 Å². The molecule has 0 aliphatic carbocycles. The Labute approximate surface area is 111 Å². The smallest absolute Gasteiger partial charge is 0.181 e. The molecule has 1 N–H and O–H groups in total. The summed E-state index contributed by atoms with van der Waals surface area (Å²) in [7, 11) is 0. The van der Waals surface area contributed by atoms with E-state index in [1.54, 1.807) is 6.20 Å². The van der Waals surface area contributed by atoms with E-state index in [0.717, 1.165) is 44.1 Å². The summed E-state index contributed by atoms with van der Waals surface area (Å²) in [5.41, 5.74) is 3.40. The van der Waals surface area contributed by atoms with Crippen molar-refractivity contribution in [1.29, 1.82) is 0 Å². The van der Waals surface area contributed by atoms with Gasteiger partial charge in [0.15, 0.2) is 12.2 Å². The van der Waals surface area contributed by atoms with Gasteiger partial charge in [0.05, 0.1) is 19.3 Å². The van der Waals surface area contributed by atoms with E-state index in [1.165, 1.54) is 17.7 Å². The third-order valence-corrected chi connectivity index (χ3v) is 3.32. The minimum atomic E-state index is 0.688. The van der Waals surface area contributed by atoms with Crippen LogP contribution in [0, 0.1) is 0 Å². The summed E-state index contributed by atoms with van der Waals surface area (Å²) in [6, 6.07) is 0. The lowest BCUT2D eigenvalue weighted by Gasteiger charge is -2.15. The van der Waals surface area contributed by atoms with Crippen molar-refractivity contribution in [2.24, 2.45) is 0 Å². The third kappa shape index (κ3) is 2.41. The summed E-state index contributed by atoms with van der Waals surface area (Å²) in [6.45, 7) is 6.03. The lowest BCUT2D eigenvalue weighted by atomic mass is 10.1. The molecule has 2 aromatic heterocycles. The van der Waals surface area contributed by atoms with Crippen molar-refractivity contribution in [3.8, 4) is 11.5 Å². The Balaban J connectivity index is 1.92. The molecule has 2 aromatic rings. The van der Waals surface area contributed by atoms with Crippen molar-refractivity contribution in [1.82, 2.24) is 20.1 Å². The number of ether oxygens (including phenoxy) is 1. The van der Waals surface area contributed by atoms with E-state index >= 15 is 0 Å². The van der Waals surface area contributed by atoms with E-state index in [0.29, 0.717) is 6.61 Å². The second kappa shape index (κ2) is 5.54. The van der Waals surface area contributed by atoms with Crippen molar-refractivity contribution in [2.75, 3.05) is 19.8 Å². The van der Waals surface area contributed by atoms with Gasteiger partial charge in [-0.15, -0.1) is 0 Å². The highest BCUT2D eigenvalue weighted by molar-refractivity contribution is 5.58. The first kappa shape index (κ1) is 12.4. The number of oxazole rings is 1. The fourth-order valence-corrected chi connectivity index (χ4v) is 2.43. The molecular formula is C13H18N4O2. The SMILES string of the molecule is CCOCCn1nc(-c2cnco2)c2c1CCNC2. The second-order valence-corrected chi connectivity index (χ2v) is 4.49. The molecule has 3 heterocycles. The molecule has 0 radical (unpaired) electrons. The summed E-state index contributed by atoms with van der Waals surface area (Å²) < 4.78 is 12.8. The standard InChI is InChI=1S/C13H18N4O2/c1-2-18-6-5-17-11-3-4-14-7-10(11)13(16-17)12-8-15-9-19-12/h8-9,14H,2-7H2,1H3. The molecule has 0 spiro atoms. The Hall–Kier alpha value is -1.66. The van der Waals surface area contributed by atoms with Crippen LogP contribution in [0.25, 0.3) is 11.5 Å². The number of fused-ring (bicyclic) bond motifs is 1. The fraction of sp³-hybridized carbons (Fsp3) is 0.538. The van der Waals surface area contributed by atoms with E-state index < -0.39 is 0 Å². The van der Waals surface area contributed by atoms with Crippen molar-refractivity contribution in [2.45, 2.75) is 26.4 Å². The molecule has 0 saturated carbocycles. The first-order valence-corrected chi connectivity index (χ1v) is 6.66. The van der Waals surface area contributed by atoms with Crippen LogP contribution in [0.2, 0.25) is 0 Å². The number of hydrogen-bond acceptors (Lipinski definition) is 5. The van der Waals surface area contributed by atoms with Gasteiger partial charge in [0, 0.05) is 37.4 Å². The minimum absolute atomic E-state index is 0.688. The van der Waals surface area contributed by atoms with Crippen LogP contribution in [-0.4, -0.2) is 34.5 Å². The summed E-state index contributed by atoms with van der Waals surface area (Å²) in [5.74, 6) is 0.732. The maximum Gasteiger partial charge on any atom is 0.181 e. The number of nitrogens with one attached hydrogen (secondary N) is 1. The number of hydrogen-bond donors (Lipinski definition) is 1. The van der Waals surface area contributed by atoms with Crippen molar-refractivity contribution in [3.05, 3.63) is 23.8 Å². The minimum Gasteiger partial charge on any atom is -0.442 e. The Bertz CT molecular complexity index is 533. The van der Waals surface area contributed by atoms with Crippen molar-refractivity contribution < 1.29 is 9.15 Å². The highest BCUT2D eigenvalue weighted by atomic mass is 16.5. The van der Waals surface area contributed by atoms with Crippen LogP contribution in [-0.2, 0) is 24.2 Å². The van der Waals surface area contributed by atoms with Gasteiger partial charge in [-0.25, -0.2) is 4.98 Å². The molecule has 6 heteroatoms. The van der Waals surface area contributed by atoms with Crippen LogP contribution in [0.5, 0.6) is 0 Å². The van der Waals surface area contributed by atoms with Crippen LogP contribution >= 0.6 is 0 Å². The van der Waals surface area contributed by atoms with Gasteiger partial charge in [-0.1, -0.05) is 0 Å². The molecule has 0 atom stereocenters. The predicted molar refractivity (Wildman–Crippen MR) is 69.6 cm³/mol. The summed E-state index contributed by atoms with van der Waals surface area (Å²) in [6.07, 6.45) is 4.14. The normalized spacial score (nSPS) is 14.6. The lowest BCUT2D eigenvalue weighted by Crippen LogP contribution is -2.25. The molecule has 0 saturated heterocycles. The van der Waals surface area contributed by atoms with Gasteiger partial charge < -0.3 is 14.5 Å². The molecule has 0 aromatic carbocycles. The topological polar surface area (TPSA) is 65.1 Å². The van der Waals surface area contributed by atoms with E-state index in [-0.39, 0.29) is 0 Å².